The van der Waals surface area contributed by atoms with Gasteiger partial charge in [-0.15, -0.1) is 5.10 Å². The molecule has 1 aliphatic heterocycles. The molecule has 1 aliphatic rings. The minimum Gasteiger partial charge on any atom is -0.339 e. The second-order valence-electron chi connectivity index (χ2n) is 6.05. The number of likely N-dealkylation sites (tertiary alicyclic amines) is 1. The van der Waals surface area contributed by atoms with Crippen molar-refractivity contribution in [2.75, 3.05) is 12.3 Å². The van der Waals surface area contributed by atoms with Gasteiger partial charge in [-0.1, -0.05) is 41.3 Å². The van der Waals surface area contributed by atoms with Crippen LogP contribution in [0.4, 0.5) is 0 Å². The molecular formula is C17H21N3OS3. The van der Waals surface area contributed by atoms with Crippen molar-refractivity contribution in [1.29, 1.82) is 0 Å². The molecule has 7 heteroatoms. The van der Waals surface area contributed by atoms with Gasteiger partial charge in [-0.25, -0.2) is 4.68 Å². The van der Waals surface area contributed by atoms with Gasteiger partial charge in [0.05, 0.1) is 11.4 Å². The Morgan fingerprint density at radius 2 is 2.21 bits per heavy atom. The van der Waals surface area contributed by atoms with E-state index in [2.05, 4.69) is 12.0 Å². The maximum Gasteiger partial charge on any atom is 0.233 e. The fraction of sp³-hybridized carbons (Fsp3) is 0.471. The zero-order chi connectivity index (χ0) is 17.1. The van der Waals surface area contributed by atoms with Gasteiger partial charge in [0, 0.05) is 12.6 Å². The Labute approximate surface area is 155 Å². The number of benzene rings is 1. The number of thioether (sulfide) groups is 1. The van der Waals surface area contributed by atoms with Gasteiger partial charge in [-0.3, -0.25) is 4.79 Å². The second kappa shape index (κ2) is 7.80. The lowest BCUT2D eigenvalue weighted by atomic mass is 10.0. The molecule has 2 heterocycles. The largest absolute Gasteiger partial charge is 0.339 e. The maximum absolute atomic E-state index is 12.4. The number of nitrogens with zero attached hydrogens (tertiary/aromatic N) is 3. The number of para-hydroxylation sites is 1. The Balaban J connectivity index is 1.69. The van der Waals surface area contributed by atoms with Crippen LogP contribution >= 0.6 is 35.3 Å². The predicted molar refractivity (Wildman–Crippen MR) is 103 cm³/mol. The lowest BCUT2D eigenvalue weighted by Gasteiger charge is -2.33. The molecule has 1 aromatic heterocycles. The van der Waals surface area contributed by atoms with E-state index >= 15 is 0 Å². The fourth-order valence-corrected chi connectivity index (χ4v) is 5.18. The minimum atomic E-state index is 0.204. The van der Waals surface area contributed by atoms with Crippen molar-refractivity contribution < 1.29 is 4.79 Å². The first kappa shape index (κ1) is 17.6. The molecule has 0 unspecified atom stereocenters. The summed E-state index contributed by atoms with van der Waals surface area (Å²) in [5.41, 5.74) is 2.13. The Morgan fingerprint density at radius 3 is 2.96 bits per heavy atom. The summed E-state index contributed by atoms with van der Waals surface area (Å²) in [4.78, 5) is 14.5. The molecule has 1 fully saturated rings. The first-order chi connectivity index (χ1) is 11.6. The van der Waals surface area contributed by atoms with E-state index in [1.54, 1.807) is 4.68 Å². The van der Waals surface area contributed by atoms with Crippen molar-refractivity contribution in [1.82, 2.24) is 14.7 Å². The summed E-state index contributed by atoms with van der Waals surface area (Å²) in [5.74, 6) is 0.635. The monoisotopic (exact) mass is 379 g/mol. The van der Waals surface area contributed by atoms with E-state index in [9.17, 15) is 4.79 Å². The summed E-state index contributed by atoms with van der Waals surface area (Å²) < 4.78 is 3.36. The highest BCUT2D eigenvalue weighted by Crippen LogP contribution is 2.26. The van der Waals surface area contributed by atoms with Gasteiger partial charge in [0.25, 0.3) is 0 Å². The lowest BCUT2D eigenvalue weighted by Crippen LogP contribution is -2.42. The zero-order valence-electron chi connectivity index (χ0n) is 13.9. The Hall–Kier alpha value is -1.18. The van der Waals surface area contributed by atoms with E-state index in [-0.39, 0.29) is 5.91 Å². The molecule has 0 radical (unpaired) electrons. The first-order valence-corrected chi connectivity index (χ1v) is 10.4. The SMILES string of the molecule is Cc1ccccc1-n1nc(SCC(=O)N2CCCC[C@H]2C)sc1=S. The van der Waals surface area contributed by atoms with Gasteiger partial charge >= 0.3 is 0 Å². The first-order valence-electron chi connectivity index (χ1n) is 8.14. The summed E-state index contributed by atoms with van der Waals surface area (Å²) in [7, 11) is 0. The van der Waals surface area contributed by atoms with Crippen LogP contribution < -0.4 is 0 Å². The van der Waals surface area contributed by atoms with Crippen LogP contribution in [0.15, 0.2) is 28.6 Å². The third-order valence-electron chi connectivity index (χ3n) is 4.32. The Morgan fingerprint density at radius 1 is 1.42 bits per heavy atom. The van der Waals surface area contributed by atoms with Crippen LogP contribution in [0.3, 0.4) is 0 Å². The molecule has 1 amide bonds. The number of hydrogen-bond donors (Lipinski definition) is 0. The number of carbonyl (C=O) groups is 1. The highest BCUT2D eigenvalue weighted by molar-refractivity contribution is 8.01. The normalized spacial score (nSPS) is 17.9. The molecule has 0 spiro atoms. The van der Waals surface area contributed by atoms with Gasteiger partial charge in [0.15, 0.2) is 8.29 Å². The van der Waals surface area contributed by atoms with Crippen molar-refractivity contribution in [3.63, 3.8) is 0 Å². The number of rotatable bonds is 4. The number of aryl methyl sites for hydroxylation is 1. The molecule has 128 valence electrons. The number of aromatic nitrogens is 2. The van der Waals surface area contributed by atoms with Gasteiger partial charge < -0.3 is 4.90 Å². The third kappa shape index (κ3) is 3.90. The van der Waals surface area contributed by atoms with E-state index < -0.39 is 0 Å². The van der Waals surface area contributed by atoms with E-state index in [0.717, 1.165) is 35.0 Å². The molecule has 1 saturated heterocycles. The Kier molecular flexibility index (Phi) is 5.73. The van der Waals surface area contributed by atoms with E-state index in [0.29, 0.717) is 15.7 Å². The molecule has 0 saturated carbocycles. The van der Waals surface area contributed by atoms with Crippen LogP contribution in [0.25, 0.3) is 5.69 Å². The van der Waals surface area contributed by atoms with Crippen molar-refractivity contribution in [2.24, 2.45) is 0 Å². The Bertz CT molecular complexity index is 783. The number of carbonyl (C=O) groups excluding carboxylic acids is 1. The van der Waals surface area contributed by atoms with Crippen LogP contribution in [-0.2, 0) is 4.79 Å². The van der Waals surface area contributed by atoms with Gasteiger partial charge in [-0.2, -0.15) is 0 Å². The van der Waals surface area contributed by atoms with Gasteiger partial charge in [0.2, 0.25) is 5.91 Å². The van der Waals surface area contributed by atoms with E-state index in [4.69, 9.17) is 12.2 Å². The predicted octanol–water partition coefficient (Wildman–Crippen LogP) is 4.46. The summed E-state index contributed by atoms with van der Waals surface area (Å²) in [6.45, 7) is 5.07. The number of hydrogen-bond acceptors (Lipinski definition) is 5. The molecule has 1 atom stereocenters. The van der Waals surface area contributed by atoms with Gasteiger partial charge in [-0.05, 0) is 57.0 Å². The summed E-state index contributed by atoms with van der Waals surface area (Å²) in [6.07, 6.45) is 3.44. The zero-order valence-corrected chi connectivity index (χ0v) is 16.3. The molecule has 24 heavy (non-hydrogen) atoms. The van der Waals surface area contributed by atoms with Gasteiger partial charge in [0.1, 0.15) is 0 Å². The smallest absolute Gasteiger partial charge is 0.233 e. The van der Waals surface area contributed by atoms with E-state index in [1.807, 2.05) is 36.1 Å². The molecule has 2 aromatic rings. The van der Waals surface area contributed by atoms with Crippen LogP contribution in [0.2, 0.25) is 0 Å². The number of piperidine rings is 1. The highest BCUT2D eigenvalue weighted by atomic mass is 32.2. The summed E-state index contributed by atoms with van der Waals surface area (Å²) >= 11 is 8.40. The highest BCUT2D eigenvalue weighted by Gasteiger charge is 2.23. The third-order valence-corrected chi connectivity index (χ3v) is 6.67. The molecular weight excluding hydrogens is 358 g/mol. The topological polar surface area (TPSA) is 38.1 Å². The van der Waals surface area contributed by atoms with Crippen LogP contribution in [0, 0.1) is 10.9 Å². The molecule has 0 aliphatic carbocycles. The van der Waals surface area contributed by atoms with Crippen molar-refractivity contribution in [2.45, 2.75) is 43.5 Å². The van der Waals surface area contributed by atoms with Crippen molar-refractivity contribution in [3.05, 3.63) is 33.8 Å². The fourth-order valence-electron chi connectivity index (χ4n) is 2.95. The summed E-state index contributed by atoms with van der Waals surface area (Å²) in [5, 5.41) is 4.60. The quantitative estimate of drug-likeness (QED) is 0.580. The number of amides is 1. The molecule has 3 rings (SSSR count). The molecule has 1 aromatic carbocycles. The molecule has 4 nitrogen and oxygen atoms in total. The van der Waals surface area contributed by atoms with E-state index in [1.165, 1.54) is 29.5 Å². The standard InChI is InChI=1S/C17H21N3OS3/c1-12-7-3-4-9-14(12)20-17(22)24-16(18-20)23-11-15(21)19-10-6-5-8-13(19)2/h3-4,7,9,13H,5-6,8,10-11H2,1-2H3/t13-/m1/s1. The maximum atomic E-state index is 12.4. The molecule has 0 N–H and O–H groups in total. The molecule has 0 bridgehead atoms. The minimum absolute atomic E-state index is 0.204. The second-order valence-corrected chi connectivity index (χ2v) is 8.90. The average molecular weight is 380 g/mol. The van der Waals surface area contributed by atoms with Crippen molar-refractivity contribution >= 4 is 41.2 Å². The van der Waals surface area contributed by atoms with Crippen LogP contribution in [0.1, 0.15) is 31.7 Å². The average Bonchev–Trinajstić information content (AvgIpc) is 2.94. The van der Waals surface area contributed by atoms with Crippen LogP contribution in [0.5, 0.6) is 0 Å². The lowest BCUT2D eigenvalue weighted by molar-refractivity contribution is -0.131. The summed E-state index contributed by atoms with van der Waals surface area (Å²) in [6, 6.07) is 8.40. The van der Waals surface area contributed by atoms with Crippen molar-refractivity contribution in [3.8, 4) is 5.69 Å². The van der Waals surface area contributed by atoms with Crippen LogP contribution in [-0.4, -0.2) is 38.9 Å².